The zero-order valence-electron chi connectivity index (χ0n) is 25.6. The number of carbonyl (C=O) groups is 1. The summed E-state index contributed by atoms with van der Waals surface area (Å²) in [5.41, 5.74) is 1.70. The molecule has 2 aliphatic heterocycles. The van der Waals surface area contributed by atoms with Gasteiger partial charge in [-0.2, -0.15) is 5.10 Å². The Morgan fingerprint density at radius 2 is 1.80 bits per heavy atom. The van der Waals surface area contributed by atoms with Gasteiger partial charge in [0.25, 0.3) is 0 Å². The van der Waals surface area contributed by atoms with Crippen LogP contribution in [0.5, 0.6) is 0 Å². The smallest absolute Gasteiger partial charge is 0.410 e. The predicted molar refractivity (Wildman–Crippen MR) is 164 cm³/mol. The average molecular weight is 605 g/mol. The Bertz CT molecular complexity index is 1640. The summed E-state index contributed by atoms with van der Waals surface area (Å²) in [5.74, 6) is -0.587. The van der Waals surface area contributed by atoms with E-state index in [9.17, 15) is 13.6 Å². The van der Waals surface area contributed by atoms with Crippen molar-refractivity contribution < 1.29 is 23.0 Å². The van der Waals surface area contributed by atoms with Crippen LogP contribution in [0.15, 0.2) is 48.8 Å². The third kappa shape index (κ3) is 6.10. The van der Waals surface area contributed by atoms with Crippen LogP contribution in [0.1, 0.15) is 59.1 Å². The molecule has 6 rings (SSSR count). The minimum atomic E-state index is -0.630. The summed E-state index contributed by atoms with van der Waals surface area (Å²) < 4.78 is 43.0. The molecule has 0 saturated carbocycles. The Balaban J connectivity index is 1.32. The van der Waals surface area contributed by atoms with E-state index in [2.05, 4.69) is 9.88 Å². The fourth-order valence-electron chi connectivity index (χ4n) is 5.98. The number of rotatable bonds is 5. The minimum Gasteiger partial charge on any atom is -0.444 e. The van der Waals surface area contributed by atoms with Gasteiger partial charge in [0.1, 0.15) is 34.4 Å². The number of benzene rings is 2. The van der Waals surface area contributed by atoms with Crippen LogP contribution in [0, 0.1) is 11.6 Å². The lowest BCUT2D eigenvalue weighted by Gasteiger charge is -2.37. The molecule has 4 aromatic rings. The van der Waals surface area contributed by atoms with Gasteiger partial charge < -0.3 is 19.3 Å². The highest BCUT2D eigenvalue weighted by Crippen LogP contribution is 2.36. The molecule has 11 heteroatoms. The summed E-state index contributed by atoms with van der Waals surface area (Å²) in [6, 6.07) is 9.34. The second-order valence-electron chi connectivity index (χ2n) is 12.5. The largest absolute Gasteiger partial charge is 0.444 e. The van der Waals surface area contributed by atoms with E-state index < -0.39 is 17.2 Å². The molecule has 2 aromatic heterocycles. The van der Waals surface area contributed by atoms with Crippen molar-refractivity contribution in [3.63, 3.8) is 0 Å². The van der Waals surface area contributed by atoms with Crippen molar-refractivity contribution in [2.24, 2.45) is 0 Å². The number of hydrogen-bond acceptors (Lipinski definition) is 7. The van der Waals surface area contributed by atoms with E-state index >= 15 is 0 Å². The maximum atomic E-state index is 14.8. The van der Waals surface area contributed by atoms with E-state index in [-0.39, 0.29) is 23.9 Å². The number of amides is 1. The molecule has 0 aliphatic carbocycles. The Morgan fingerprint density at radius 3 is 2.48 bits per heavy atom. The van der Waals surface area contributed by atoms with E-state index in [0.29, 0.717) is 47.9 Å². The van der Waals surface area contributed by atoms with Gasteiger partial charge >= 0.3 is 6.09 Å². The summed E-state index contributed by atoms with van der Waals surface area (Å²) in [4.78, 5) is 25.9. The molecule has 0 bridgehead atoms. The fraction of sp³-hybridized carbons (Fsp3) is 0.455. The molecule has 9 nitrogen and oxygen atoms in total. The number of nitrogens with zero attached hydrogens (tertiary/aromatic N) is 6. The van der Waals surface area contributed by atoms with Crippen molar-refractivity contribution in [1.82, 2.24) is 24.6 Å². The summed E-state index contributed by atoms with van der Waals surface area (Å²) in [5, 5.41) is 5.67. The van der Waals surface area contributed by atoms with Crippen LogP contribution in [0.25, 0.3) is 33.4 Å². The van der Waals surface area contributed by atoms with Crippen LogP contribution in [-0.4, -0.2) is 69.1 Å². The van der Waals surface area contributed by atoms with Gasteiger partial charge in [-0.15, -0.1) is 0 Å². The molecule has 0 N–H and O–H groups in total. The first kappa shape index (κ1) is 29.9. The van der Waals surface area contributed by atoms with Crippen LogP contribution in [-0.2, 0) is 9.47 Å². The molecule has 1 atom stereocenters. The van der Waals surface area contributed by atoms with Gasteiger partial charge in [0, 0.05) is 38.2 Å². The number of anilines is 1. The van der Waals surface area contributed by atoms with Crippen LogP contribution in [0.2, 0.25) is 0 Å². The Labute approximate surface area is 255 Å². The molecule has 2 fully saturated rings. The van der Waals surface area contributed by atoms with Gasteiger partial charge in [0.2, 0.25) is 0 Å². The summed E-state index contributed by atoms with van der Waals surface area (Å²) in [7, 11) is 1.98. The standard InChI is InChI=1S/C33H38F2N6O3/c1-33(2,3)44-32(42)40-15-13-22(14-16-40)39(4)28-20-36-19-26(37-28)31-23-18-21(30-24(34)8-7-9-25(30)35)11-12-27(23)41(38-31)29-10-5-6-17-43-29/h7-9,11-12,18-20,22,29H,5-6,10,13-17H2,1-4H3. The molecule has 1 unspecified atom stereocenters. The number of fused-ring (bicyclic) bond motifs is 1. The van der Waals surface area contributed by atoms with Gasteiger partial charge in [-0.05, 0) is 82.7 Å². The molecule has 1 amide bonds. The SMILES string of the molecule is CN(c1cncc(-c2nn(C3CCCCO3)c3ccc(-c4c(F)cccc4F)cc23)n1)C1CCN(C(=O)OC(C)(C)C)CC1. The van der Waals surface area contributed by atoms with Crippen molar-refractivity contribution in [2.45, 2.75) is 70.7 Å². The van der Waals surface area contributed by atoms with Crippen molar-refractivity contribution in [3.05, 3.63) is 60.4 Å². The zero-order valence-corrected chi connectivity index (χ0v) is 25.6. The van der Waals surface area contributed by atoms with Crippen molar-refractivity contribution in [2.75, 3.05) is 31.6 Å². The summed E-state index contributed by atoms with van der Waals surface area (Å²) in [6.07, 6.45) is 7.19. The Kier molecular flexibility index (Phi) is 8.24. The predicted octanol–water partition coefficient (Wildman–Crippen LogP) is 6.97. The molecule has 4 heterocycles. The first-order valence-electron chi connectivity index (χ1n) is 15.2. The van der Waals surface area contributed by atoms with Crippen molar-refractivity contribution in [3.8, 4) is 22.5 Å². The van der Waals surface area contributed by atoms with Crippen molar-refractivity contribution in [1.29, 1.82) is 0 Å². The lowest BCUT2D eigenvalue weighted by atomic mass is 10.0. The zero-order chi connectivity index (χ0) is 31.0. The fourth-order valence-corrected chi connectivity index (χ4v) is 5.98. The lowest BCUT2D eigenvalue weighted by molar-refractivity contribution is -0.0365. The second kappa shape index (κ2) is 12.1. The van der Waals surface area contributed by atoms with E-state index in [4.69, 9.17) is 19.6 Å². The molecular weight excluding hydrogens is 566 g/mol. The Morgan fingerprint density at radius 1 is 1.05 bits per heavy atom. The average Bonchev–Trinajstić information content (AvgIpc) is 3.39. The van der Waals surface area contributed by atoms with Gasteiger partial charge in [-0.1, -0.05) is 12.1 Å². The number of carbonyl (C=O) groups excluding carboxylic acids is 1. The maximum absolute atomic E-state index is 14.8. The van der Waals surface area contributed by atoms with Crippen LogP contribution < -0.4 is 4.90 Å². The summed E-state index contributed by atoms with van der Waals surface area (Å²) >= 11 is 0. The van der Waals surface area contributed by atoms with Crippen LogP contribution in [0.3, 0.4) is 0 Å². The van der Waals surface area contributed by atoms with Gasteiger partial charge in [-0.25, -0.2) is 23.2 Å². The van der Waals surface area contributed by atoms with Crippen LogP contribution >= 0.6 is 0 Å². The monoisotopic (exact) mass is 604 g/mol. The number of piperidine rings is 1. The molecule has 2 aromatic carbocycles. The number of halogens is 2. The topological polar surface area (TPSA) is 85.6 Å². The molecular formula is C33H38F2N6O3. The minimum absolute atomic E-state index is 0.0840. The normalized spacial score (nSPS) is 18.0. The number of ether oxygens (including phenoxy) is 2. The molecule has 2 saturated heterocycles. The second-order valence-corrected chi connectivity index (χ2v) is 12.5. The van der Waals surface area contributed by atoms with Gasteiger partial charge in [0.05, 0.1) is 23.5 Å². The number of likely N-dealkylation sites (tertiary alicyclic amines) is 1. The molecule has 2 aliphatic rings. The number of aromatic nitrogens is 4. The van der Waals surface area contributed by atoms with E-state index in [0.717, 1.165) is 37.6 Å². The van der Waals surface area contributed by atoms with E-state index in [1.807, 2.05) is 38.6 Å². The Hall–Kier alpha value is -4.12. The maximum Gasteiger partial charge on any atom is 0.410 e. The molecule has 44 heavy (non-hydrogen) atoms. The highest BCUT2D eigenvalue weighted by atomic mass is 19.1. The third-order valence-corrected chi connectivity index (χ3v) is 8.28. The summed E-state index contributed by atoms with van der Waals surface area (Å²) in [6.45, 7) is 7.41. The first-order chi connectivity index (χ1) is 21.1. The quantitative estimate of drug-likeness (QED) is 0.243. The lowest BCUT2D eigenvalue weighted by Crippen LogP contribution is -2.47. The highest BCUT2D eigenvalue weighted by Gasteiger charge is 2.30. The molecule has 0 spiro atoms. The van der Waals surface area contributed by atoms with E-state index in [1.54, 1.807) is 29.4 Å². The molecule has 232 valence electrons. The molecule has 0 radical (unpaired) electrons. The highest BCUT2D eigenvalue weighted by molar-refractivity contribution is 5.95. The van der Waals surface area contributed by atoms with Crippen LogP contribution in [0.4, 0.5) is 19.4 Å². The van der Waals surface area contributed by atoms with Gasteiger partial charge in [-0.3, -0.25) is 4.98 Å². The third-order valence-electron chi connectivity index (χ3n) is 8.28. The van der Waals surface area contributed by atoms with Gasteiger partial charge in [0.15, 0.2) is 6.23 Å². The number of hydrogen-bond donors (Lipinski definition) is 0. The first-order valence-corrected chi connectivity index (χ1v) is 15.2. The van der Waals surface area contributed by atoms with Crippen molar-refractivity contribution >= 4 is 22.8 Å². The van der Waals surface area contributed by atoms with E-state index in [1.165, 1.54) is 18.2 Å².